The predicted molar refractivity (Wildman–Crippen MR) is 95.4 cm³/mol. The summed E-state index contributed by atoms with van der Waals surface area (Å²) in [4.78, 5) is 11.1. The van der Waals surface area contributed by atoms with Gasteiger partial charge in [-0.15, -0.1) is 0 Å². The van der Waals surface area contributed by atoms with Crippen LogP contribution in [0.2, 0.25) is 0 Å². The Balaban J connectivity index is 1.86. The van der Waals surface area contributed by atoms with Gasteiger partial charge in [-0.2, -0.15) is 8.42 Å². The molecule has 1 amide bonds. The van der Waals surface area contributed by atoms with Crippen molar-refractivity contribution in [2.24, 2.45) is 0 Å². The van der Waals surface area contributed by atoms with E-state index in [4.69, 9.17) is 0 Å². The molecule has 126 valence electrons. The molecule has 1 heterocycles. The van der Waals surface area contributed by atoms with Crippen molar-refractivity contribution in [3.63, 3.8) is 0 Å². The highest BCUT2D eigenvalue weighted by atomic mass is 32.2. The van der Waals surface area contributed by atoms with Gasteiger partial charge in [0.05, 0.1) is 11.4 Å². The summed E-state index contributed by atoms with van der Waals surface area (Å²) in [5, 5.41) is 2.64. The fraction of sp³-hybridized carbons (Fsp3) is 0.235. The fourth-order valence-electron chi connectivity index (χ4n) is 2.82. The molecule has 3 rings (SSSR count). The average molecular weight is 345 g/mol. The summed E-state index contributed by atoms with van der Waals surface area (Å²) in [7, 11) is -3.72. The lowest BCUT2D eigenvalue weighted by atomic mass is 10.0. The lowest BCUT2D eigenvalue weighted by Crippen LogP contribution is -2.39. The number of hydrogen-bond donors (Lipinski definition) is 2. The van der Waals surface area contributed by atoms with E-state index in [-0.39, 0.29) is 5.91 Å². The van der Waals surface area contributed by atoms with Crippen molar-refractivity contribution in [2.75, 3.05) is 20.9 Å². The van der Waals surface area contributed by atoms with Crippen LogP contribution in [0.4, 0.5) is 17.1 Å². The van der Waals surface area contributed by atoms with Gasteiger partial charge in [0.1, 0.15) is 0 Å². The summed E-state index contributed by atoms with van der Waals surface area (Å²) < 4.78 is 29.5. The highest BCUT2D eigenvalue weighted by molar-refractivity contribution is 7.94. The minimum Gasteiger partial charge on any atom is -0.326 e. The van der Waals surface area contributed by atoms with Gasteiger partial charge in [0.2, 0.25) is 5.91 Å². The zero-order valence-corrected chi connectivity index (χ0v) is 14.1. The van der Waals surface area contributed by atoms with Gasteiger partial charge >= 0.3 is 10.2 Å². The van der Waals surface area contributed by atoms with Crippen LogP contribution in [0.1, 0.15) is 18.9 Å². The summed E-state index contributed by atoms with van der Waals surface area (Å²) in [6.45, 7) is 1.85. The molecule has 0 atom stereocenters. The molecule has 2 N–H and O–H groups in total. The third-order valence-corrected chi connectivity index (χ3v) is 5.24. The van der Waals surface area contributed by atoms with Crippen molar-refractivity contribution >= 4 is 33.2 Å². The molecular formula is C17H19N3O3S. The van der Waals surface area contributed by atoms with Crippen molar-refractivity contribution in [3.8, 4) is 0 Å². The Hall–Kier alpha value is -2.54. The van der Waals surface area contributed by atoms with E-state index in [9.17, 15) is 13.2 Å². The van der Waals surface area contributed by atoms with E-state index >= 15 is 0 Å². The van der Waals surface area contributed by atoms with Crippen LogP contribution in [0.15, 0.2) is 48.5 Å². The van der Waals surface area contributed by atoms with E-state index in [2.05, 4.69) is 10.0 Å². The molecule has 0 unspecified atom stereocenters. The summed E-state index contributed by atoms with van der Waals surface area (Å²) in [5.74, 6) is -0.208. The van der Waals surface area contributed by atoms with Crippen LogP contribution in [0.25, 0.3) is 0 Å². The van der Waals surface area contributed by atoms with E-state index in [1.807, 2.05) is 24.3 Å². The number of fused-ring (bicyclic) bond motifs is 1. The number of aryl methyl sites for hydroxylation is 1. The second-order valence-electron chi connectivity index (χ2n) is 5.67. The Kier molecular flexibility index (Phi) is 4.44. The normalized spacial score (nSPS) is 14.0. The van der Waals surface area contributed by atoms with E-state index in [1.165, 1.54) is 11.2 Å². The van der Waals surface area contributed by atoms with Crippen LogP contribution >= 0.6 is 0 Å². The second-order valence-corrected chi connectivity index (χ2v) is 7.27. The third-order valence-electron chi connectivity index (χ3n) is 3.79. The van der Waals surface area contributed by atoms with Gasteiger partial charge in [-0.05, 0) is 42.7 Å². The zero-order chi connectivity index (χ0) is 17.2. The number of amides is 1. The number of benzene rings is 2. The molecule has 0 saturated carbocycles. The molecule has 0 bridgehead atoms. The number of carbonyl (C=O) groups is 1. The van der Waals surface area contributed by atoms with Crippen LogP contribution in [-0.4, -0.2) is 20.9 Å². The molecule has 1 aliphatic heterocycles. The number of nitrogens with zero attached hydrogens (tertiary/aromatic N) is 1. The van der Waals surface area contributed by atoms with E-state index in [0.717, 1.165) is 18.4 Å². The summed E-state index contributed by atoms with van der Waals surface area (Å²) >= 11 is 0. The van der Waals surface area contributed by atoms with E-state index in [1.54, 1.807) is 24.3 Å². The maximum atomic E-state index is 12.8. The molecule has 0 fully saturated rings. The lowest BCUT2D eigenvalue weighted by Gasteiger charge is -2.30. The van der Waals surface area contributed by atoms with Crippen LogP contribution in [0, 0.1) is 0 Å². The van der Waals surface area contributed by atoms with Crippen LogP contribution in [0.5, 0.6) is 0 Å². The van der Waals surface area contributed by atoms with E-state index in [0.29, 0.717) is 23.6 Å². The smallest absolute Gasteiger partial charge is 0.323 e. The summed E-state index contributed by atoms with van der Waals surface area (Å²) in [6, 6.07) is 14.2. The first kappa shape index (κ1) is 16.3. The molecule has 24 heavy (non-hydrogen) atoms. The third kappa shape index (κ3) is 3.51. The van der Waals surface area contributed by atoms with Crippen molar-refractivity contribution in [3.05, 3.63) is 54.1 Å². The van der Waals surface area contributed by atoms with Crippen molar-refractivity contribution < 1.29 is 13.2 Å². The number of carbonyl (C=O) groups excluding carboxylic acids is 1. The fourth-order valence-corrected chi connectivity index (χ4v) is 4.16. The Morgan fingerprint density at radius 1 is 1.08 bits per heavy atom. The second kappa shape index (κ2) is 6.52. The highest BCUT2D eigenvalue weighted by Crippen LogP contribution is 2.29. The van der Waals surface area contributed by atoms with Gasteiger partial charge in [0.15, 0.2) is 0 Å². The van der Waals surface area contributed by atoms with Crippen LogP contribution in [-0.2, 0) is 21.4 Å². The number of para-hydroxylation sites is 1. The predicted octanol–water partition coefficient (Wildman–Crippen LogP) is 2.75. The van der Waals surface area contributed by atoms with E-state index < -0.39 is 10.2 Å². The largest absolute Gasteiger partial charge is 0.326 e. The first-order chi connectivity index (χ1) is 11.5. The summed E-state index contributed by atoms with van der Waals surface area (Å²) in [5.41, 5.74) is 2.70. The standard InChI is InChI=1S/C17H19N3O3S/c1-13(21)18-15-8-4-9-16(12-15)19-24(22,23)20-11-5-7-14-6-2-3-10-17(14)20/h2-4,6,8-10,12,19H,5,7,11H2,1H3,(H,18,21). The van der Waals surface area contributed by atoms with Gasteiger partial charge in [-0.1, -0.05) is 24.3 Å². The van der Waals surface area contributed by atoms with Gasteiger partial charge in [-0.3, -0.25) is 13.8 Å². The molecule has 0 aliphatic carbocycles. The van der Waals surface area contributed by atoms with Gasteiger partial charge < -0.3 is 5.32 Å². The Bertz CT molecular complexity index is 865. The van der Waals surface area contributed by atoms with Crippen LogP contribution < -0.4 is 14.3 Å². The quantitative estimate of drug-likeness (QED) is 0.894. The van der Waals surface area contributed by atoms with Crippen LogP contribution in [0.3, 0.4) is 0 Å². The molecule has 0 spiro atoms. The molecule has 0 radical (unpaired) electrons. The monoisotopic (exact) mass is 345 g/mol. The maximum absolute atomic E-state index is 12.8. The summed E-state index contributed by atoms with van der Waals surface area (Å²) in [6.07, 6.45) is 1.66. The lowest BCUT2D eigenvalue weighted by molar-refractivity contribution is -0.114. The Morgan fingerprint density at radius 3 is 2.62 bits per heavy atom. The van der Waals surface area contributed by atoms with Gasteiger partial charge in [-0.25, -0.2) is 0 Å². The molecule has 0 saturated heterocycles. The minimum atomic E-state index is -3.72. The number of hydrogen-bond acceptors (Lipinski definition) is 3. The first-order valence-corrected chi connectivity index (χ1v) is 9.16. The molecule has 6 nitrogen and oxygen atoms in total. The average Bonchev–Trinajstić information content (AvgIpc) is 2.53. The maximum Gasteiger partial charge on any atom is 0.323 e. The molecule has 2 aromatic rings. The zero-order valence-electron chi connectivity index (χ0n) is 13.3. The van der Waals surface area contributed by atoms with Gasteiger partial charge in [0, 0.05) is 19.2 Å². The Morgan fingerprint density at radius 2 is 1.83 bits per heavy atom. The van der Waals surface area contributed by atoms with Crippen molar-refractivity contribution in [1.29, 1.82) is 0 Å². The topological polar surface area (TPSA) is 78.5 Å². The molecule has 1 aliphatic rings. The molecule has 0 aromatic heterocycles. The Labute approximate surface area is 141 Å². The minimum absolute atomic E-state index is 0.208. The van der Waals surface area contributed by atoms with Crippen molar-refractivity contribution in [2.45, 2.75) is 19.8 Å². The number of nitrogens with one attached hydrogen (secondary N) is 2. The van der Waals surface area contributed by atoms with Crippen molar-refractivity contribution in [1.82, 2.24) is 0 Å². The molecule has 2 aromatic carbocycles. The molecule has 7 heteroatoms. The highest BCUT2D eigenvalue weighted by Gasteiger charge is 2.27. The molecular weight excluding hydrogens is 326 g/mol. The number of rotatable bonds is 4. The SMILES string of the molecule is CC(=O)Nc1cccc(NS(=O)(=O)N2CCCc3ccccc32)c1. The number of anilines is 3. The van der Waals surface area contributed by atoms with Gasteiger partial charge in [0.25, 0.3) is 0 Å². The first-order valence-electron chi connectivity index (χ1n) is 7.72.